The minimum Gasteiger partial charge on any atom is -0.379 e. The molecule has 5 nitrogen and oxygen atoms in total. The van der Waals surface area contributed by atoms with Gasteiger partial charge in [-0.3, -0.25) is 9.89 Å². The van der Waals surface area contributed by atoms with Crippen molar-refractivity contribution in [2.75, 3.05) is 34.3 Å². The Bertz CT molecular complexity index is 334. The third-order valence-electron chi connectivity index (χ3n) is 4.31. The molecule has 1 saturated carbocycles. The van der Waals surface area contributed by atoms with E-state index in [0.717, 1.165) is 25.1 Å². The molecule has 21 heavy (non-hydrogen) atoms. The zero-order valence-corrected chi connectivity index (χ0v) is 14.9. The zero-order chi connectivity index (χ0) is 16.0. The summed E-state index contributed by atoms with van der Waals surface area (Å²) in [7, 11) is 5.78. The summed E-state index contributed by atoms with van der Waals surface area (Å²) in [6.07, 6.45) is 2.84. The van der Waals surface area contributed by atoms with E-state index in [1.54, 1.807) is 7.11 Å². The maximum Gasteiger partial charge on any atom is 0.191 e. The van der Waals surface area contributed by atoms with Gasteiger partial charge in [0, 0.05) is 39.3 Å². The topological polar surface area (TPSA) is 48.9 Å². The van der Waals surface area contributed by atoms with Crippen LogP contribution in [0.4, 0.5) is 0 Å². The summed E-state index contributed by atoms with van der Waals surface area (Å²) in [5.41, 5.74) is 0.111. The largest absolute Gasteiger partial charge is 0.379 e. The highest BCUT2D eigenvalue weighted by molar-refractivity contribution is 5.79. The van der Waals surface area contributed by atoms with Gasteiger partial charge in [-0.15, -0.1) is 0 Å². The normalized spacial score (nSPS) is 19.5. The third-order valence-corrected chi connectivity index (χ3v) is 4.31. The molecule has 0 aromatic carbocycles. The van der Waals surface area contributed by atoms with Crippen LogP contribution in [0.25, 0.3) is 0 Å². The Kier molecular flexibility index (Phi) is 6.94. The van der Waals surface area contributed by atoms with Crippen molar-refractivity contribution in [3.63, 3.8) is 0 Å². The molecule has 0 radical (unpaired) electrons. The minimum absolute atomic E-state index is 0.111. The van der Waals surface area contributed by atoms with E-state index in [1.165, 1.54) is 12.8 Å². The lowest BCUT2D eigenvalue weighted by Gasteiger charge is -2.30. The first kappa shape index (κ1) is 18.2. The molecule has 0 aliphatic heterocycles. The van der Waals surface area contributed by atoms with Gasteiger partial charge in [-0.2, -0.15) is 0 Å². The molecule has 2 unspecified atom stereocenters. The Hall–Kier alpha value is -0.810. The number of ether oxygens (including phenoxy) is 1. The Morgan fingerprint density at radius 3 is 2.29 bits per heavy atom. The van der Waals surface area contributed by atoms with Crippen LogP contribution >= 0.6 is 0 Å². The standard InChI is InChI=1S/C16H34N4O/c1-12(20(6)13-8-9-13)10-18-15(17-5)19-11-14(21-7)16(2,3)4/h12-14H,8-11H2,1-7H3,(H2,17,18,19). The van der Waals surface area contributed by atoms with E-state index in [1.807, 2.05) is 7.05 Å². The van der Waals surface area contributed by atoms with Crippen LogP contribution in [0.3, 0.4) is 0 Å². The number of nitrogens with zero attached hydrogens (tertiary/aromatic N) is 2. The van der Waals surface area contributed by atoms with Crippen molar-refractivity contribution in [2.45, 2.75) is 58.7 Å². The Morgan fingerprint density at radius 2 is 1.86 bits per heavy atom. The van der Waals surface area contributed by atoms with Crippen LogP contribution in [0.1, 0.15) is 40.5 Å². The fourth-order valence-electron chi connectivity index (χ4n) is 2.38. The molecule has 0 bridgehead atoms. The quantitative estimate of drug-likeness (QED) is 0.555. The highest BCUT2D eigenvalue weighted by Gasteiger charge is 2.29. The molecule has 2 atom stereocenters. The monoisotopic (exact) mass is 298 g/mol. The Labute approximate surface area is 130 Å². The molecule has 0 heterocycles. The van der Waals surface area contributed by atoms with Crippen LogP contribution in [0.15, 0.2) is 4.99 Å². The van der Waals surface area contributed by atoms with Gasteiger partial charge in [-0.05, 0) is 32.2 Å². The summed E-state index contributed by atoms with van der Waals surface area (Å²) in [5, 5.41) is 6.77. The highest BCUT2D eigenvalue weighted by atomic mass is 16.5. The van der Waals surface area contributed by atoms with Gasteiger partial charge >= 0.3 is 0 Å². The number of hydrogen-bond acceptors (Lipinski definition) is 3. The summed E-state index contributed by atoms with van der Waals surface area (Å²) < 4.78 is 5.56. The second-order valence-electron chi connectivity index (χ2n) is 7.17. The van der Waals surface area contributed by atoms with E-state index in [4.69, 9.17) is 4.74 Å². The molecule has 0 aromatic heterocycles. The lowest BCUT2D eigenvalue weighted by Crippen LogP contribution is -2.48. The second-order valence-corrected chi connectivity index (χ2v) is 7.17. The molecule has 0 saturated heterocycles. The van der Waals surface area contributed by atoms with Crippen molar-refractivity contribution in [1.82, 2.24) is 15.5 Å². The first-order chi connectivity index (χ1) is 9.79. The van der Waals surface area contributed by atoms with E-state index in [-0.39, 0.29) is 11.5 Å². The summed E-state index contributed by atoms with van der Waals surface area (Å²) in [6, 6.07) is 1.30. The van der Waals surface area contributed by atoms with Gasteiger partial charge in [0.05, 0.1) is 6.10 Å². The minimum atomic E-state index is 0.111. The predicted molar refractivity (Wildman–Crippen MR) is 89.9 cm³/mol. The van der Waals surface area contributed by atoms with Gasteiger partial charge in [0.15, 0.2) is 5.96 Å². The molecule has 1 fully saturated rings. The Balaban J connectivity index is 2.34. The van der Waals surface area contributed by atoms with Crippen LogP contribution in [-0.4, -0.2) is 63.3 Å². The Morgan fingerprint density at radius 1 is 1.29 bits per heavy atom. The highest BCUT2D eigenvalue weighted by Crippen LogP contribution is 2.26. The number of likely N-dealkylation sites (N-methyl/N-ethyl adjacent to an activating group) is 1. The van der Waals surface area contributed by atoms with Gasteiger partial charge in [0.25, 0.3) is 0 Å². The smallest absolute Gasteiger partial charge is 0.191 e. The summed E-state index contributed by atoms with van der Waals surface area (Å²) in [5.74, 6) is 0.845. The van der Waals surface area contributed by atoms with Gasteiger partial charge in [-0.1, -0.05) is 20.8 Å². The lowest BCUT2D eigenvalue weighted by atomic mass is 9.89. The summed E-state index contributed by atoms with van der Waals surface area (Å²) in [6.45, 7) is 10.5. The average molecular weight is 298 g/mol. The molecule has 1 aliphatic rings. The van der Waals surface area contributed by atoms with Crippen LogP contribution in [-0.2, 0) is 4.74 Å². The molecular formula is C16H34N4O. The van der Waals surface area contributed by atoms with Crippen molar-refractivity contribution in [2.24, 2.45) is 10.4 Å². The van der Waals surface area contributed by atoms with Crippen LogP contribution in [0.5, 0.6) is 0 Å². The molecule has 2 N–H and O–H groups in total. The van der Waals surface area contributed by atoms with Crippen LogP contribution in [0.2, 0.25) is 0 Å². The maximum atomic E-state index is 5.56. The molecular weight excluding hydrogens is 264 g/mol. The predicted octanol–water partition coefficient (Wildman–Crippen LogP) is 1.70. The fourth-order valence-corrected chi connectivity index (χ4v) is 2.38. The number of nitrogens with one attached hydrogen (secondary N) is 2. The first-order valence-corrected chi connectivity index (χ1v) is 7.98. The van der Waals surface area contributed by atoms with Crippen molar-refractivity contribution in [3.05, 3.63) is 0 Å². The van der Waals surface area contributed by atoms with Crippen LogP contribution < -0.4 is 10.6 Å². The fraction of sp³-hybridized carbons (Fsp3) is 0.938. The molecule has 5 heteroatoms. The maximum absolute atomic E-state index is 5.56. The lowest BCUT2D eigenvalue weighted by molar-refractivity contribution is 0.0205. The van der Waals surface area contributed by atoms with Crippen molar-refractivity contribution < 1.29 is 4.74 Å². The summed E-state index contributed by atoms with van der Waals surface area (Å²) in [4.78, 5) is 6.74. The van der Waals surface area contributed by atoms with E-state index >= 15 is 0 Å². The molecule has 0 aromatic rings. The zero-order valence-electron chi connectivity index (χ0n) is 14.9. The van der Waals surface area contributed by atoms with E-state index in [2.05, 4.69) is 55.3 Å². The average Bonchev–Trinajstić information content (AvgIpc) is 3.24. The molecule has 1 rings (SSSR count). The summed E-state index contributed by atoms with van der Waals surface area (Å²) >= 11 is 0. The first-order valence-electron chi connectivity index (χ1n) is 7.98. The molecule has 124 valence electrons. The molecule has 0 spiro atoms. The van der Waals surface area contributed by atoms with Crippen LogP contribution in [0, 0.1) is 5.41 Å². The number of aliphatic imine (C=N–C) groups is 1. The van der Waals surface area contributed by atoms with Gasteiger partial charge in [-0.25, -0.2) is 0 Å². The number of rotatable bonds is 7. The number of guanidine groups is 1. The number of hydrogen-bond donors (Lipinski definition) is 2. The van der Waals surface area contributed by atoms with Gasteiger partial charge < -0.3 is 15.4 Å². The second kappa shape index (κ2) is 7.99. The van der Waals surface area contributed by atoms with Gasteiger partial charge in [0.1, 0.15) is 0 Å². The third kappa shape index (κ3) is 6.22. The van der Waals surface area contributed by atoms with Crippen molar-refractivity contribution >= 4 is 5.96 Å². The van der Waals surface area contributed by atoms with Crippen molar-refractivity contribution in [1.29, 1.82) is 0 Å². The van der Waals surface area contributed by atoms with E-state index in [9.17, 15) is 0 Å². The number of methoxy groups -OCH3 is 1. The SMILES string of the molecule is CN=C(NCC(C)N(C)C1CC1)NCC(OC)C(C)(C)C. The van der Waals surface area contributed by atoms with E-state index < -0.39 is 0 Å². The van der Waals surface area contributed by atoms with Crippen molar-refractivity contribution in [3.8, 4) is 0 Å². The van der Waals surface area contributed by atoms with Gasteiger partial charge in [0.2, 0.25) is 0 Å². The molecule has 1 aliphatic carbocycles. The van der Waals surface area contributed by atoms with E-state index in [0.29, 0.717) is 6.04 Å². The molecule has 0 amide bonds.